The summed E-state index contributed by atoms with van der Waals surface area (Å²) in [4.78, 5) is 27.3. The number of oxazole rings is 1. The van der Waals surface area contributed by atoms with Gasteiger partial charge in [-0.25, -0.2) is 4.79 Å². The van der Waals surface area contributed by atoms with Crippen LogP contribution in [0.4, 0.5) is 6.01 Å². The van der Waals surface area contributed by atoms with Crippen LogP contribution in [0.25, 0.3) is 6.08 Å². The quantitative estimate of drug-likeness (QED) is 0.584. The average molecular weight is 344 g/mol. The number of anilines is 1. The second kappa shape index (κ2) is 9.27. The summed E-state index contributed by atoms with van der Waals surface area (Å²) in [6.07, 6.45) is 4.99. The Kier molecular flexibility index (Phi) is 6.76. The van der Waals surface area contributed by atoms with E-state index in [1.165, 1.54) is 6.08 Å². The van der Waals surface area contributed by atoms with Gasteiger partial charge in [0, 0.05) is 11.6 Å². The van der Waals surface area contributed by atoms with Crippen LogP contribution in [0.2, 0.25) is 0 Å². The van der Waals surface area contributed by atoms with Gasteiger partial charge in [-0.05, 0) is 25.5 Å². The van der Waals surface area contributed by atoms with Crippen LogP contribution >= 0.6 is 0 Å². The van der Waals surface area contributed by atoms with E-state index in [9.17, 15) is 9.59 Å². The normalized spacial score (nSPS) is 10.6. The third-order valence-electron chi connectivity index (χ3n) is 3.01. The minimum Gasteiger partial charge on any atom is -0.493 e. The Hall–Kier alpha value is -3.09. The molecule has 1 aromatic heterocycles. The van der Waals surface area contributed by atoms with E-state index in [1.807, 2.05) is 31.2 Å². The number of amides is 1. The predicted molar refractivity (Wildman–Crippen MR) is 92.4 cm³/mol. The van der Waals surface area contributed by atoms with Crippen LogP contribution in [-0.2, 0) is 9.53 Å². The van der Waals surface area contributed by atoms with Crippen molar-refractivity contribution < 1.29 is 23.5 Å². The summed E-state index contributed by atoms with van der Waals surface area (Å²) in [5.74, 6) is -0.346. The lowest BCUT2D eigenvalue weighted by atomic mass is 10.2. The Morgan fingerprint density at radius 3 is 2.84 bits per heavy atom. The van der Waals surface area contributed by atoms with Crippen molar-refractivity contribution in [1.29, 1.82) is 0 Å². The molecule has 0 atom stereocenters. The molecule has 2 aromatic rings. The second-order valence-electron chi connectivity index (χ2n) is 4.97. The smallest absolute Gasteiger partial charge is 0.360 e. The van der Waals surface area contributed by atoms with E-state index in [2.05, 4.69) is 10.3 Å². The molecule has 0 spiro atoms. The fourth-order valence-corrected chi connectivity index (χ4v) is 1.90. The Morgan fingerprint density at radius 2 is 2.08 bits per heavy atom. The van der Waals surface area contributed by atoms with Gasteiger partial charge in [-0.1, -0.05) is 25.1 Å². The van der Waals surface area contributed by atoms with Crippen LogP contribution in [-0.4, -0.2) is 30.1 Å². The van der Waals surface area contributed by atoms with Crippen LogP contribution in [0.3, 0.4) is 0 Å². The molecule has 2 rings (SSSR count). The highest BCUT2D eigenvalue weighted by Crippen LogP contribution is 2.19. The zero-order chi connectivity index (χ0) is 18.1. The fourth-order valence-electron chi connectivity index (χ4n) is 1.90. The molecule has 25 heavy (non-hydrogen) atoms. The highest BCUT2D eigenvalue weighted by molar-refractivity contribution is 6.01. The number of hydrogen-bond acceptors (Lipinski definition) is 6. The summed E-state index contributed by atoms with van der Waals surface area (Å²) in [5.41, 5.74) is 0.783. The fraction of sp³-hybridized carbons (Fsp3) is 0.278. The summed E-state index contributed by atoms with van der Waals surface area (Å²) in [6.45, 7) is 4.54. The van der Waals surface area contributed by atoms with Crippen molar-refractivity contribution in [3.05, 3.63) is 47.9 Å². The monoisotopic (exact) mass is 344 g/mol. The average Bonchev–Trinajstić information content (AvgIpc) is 3.07. The van der Waals surface area contributed by atoms with Crippen LogP contribution in [0.15, 0.2) is 41.0 Å². The summed E-state index contributed by atoms with van der Waals surface area (Å²) in [7, 11) is 0. The van der Waals surface area contributed by atoms with E-state index >= 15 is 0 Å². The van der Waals surface area contributed by atoms with E-state index in [1.54, 1.807) is 13.0 Å². The van der Waals surface area contributed by atoms with Gasteiger partial charge in [-0.15, -0.1) is 0 Å². The first-order chi connectivity index (χ1) is 12.1. The minimum absolute atomic E-state index is 0.000518. The molecule has 1 heterocycles. The molecule has 0 aliphatic rings. The first-order valence-electron chi connectivity index (χ1n) is 7.97. The molecular formula is C18H20N2O5. The van der Waals surface area contributed by atoms with Gasteiger partial charge in [0.15, 0.2) is 5.69 Å². The number of carbonyl (C=O) groups excluding carboxylic acids is 2. The number of para-hydroxylation sites is 1. The minimum atomic E-state index is -0.607. The Balaban J connectivity index is 1.98. The summed E-state index contributed by atoms with van der Waals surface area (Å²) in [5, 5.41) is 2.44. The van der Waals surface area contributed by atoms with E-state index in [0.29, 0.717) is 12.4 Å². The SMILES string of the molecule is CCCOc1ccccc1/C=C/C(=O)Nc1nc(C(=O)OCC)co1. The predicted octanol–water partition coefficient (Wildman–Crippen LogP) is 3.29. The van der Waals surface area contributed by atoms with Gasteiger partial charge in [0.1, 0.15) is 12.0 Å². The molecule has 7 nitrogen and oxygen atoms in total. The number of rotatable bonds is 8. The summed E-state index contributed by atoms with van der Waals surface area (Å²) in [6, 6.07) is 7.33. The number of nitrogens with zero attached hydrogens (tertiary/aromatic N) is 1. The van der Waals surface area contributed by atoms with Crippen molar-refractivity contribution in [2.24, 2.45) is 0 Å². The van der Waals surface area contributed by atoms with Gasteiger partial charge in [0.25, 0.3) is 5.91 Å². The molecule has 7 heteroatoms. The number of aromatic nitrogens is 1. The molecule has 0 aliphatic heterocycles. The molecule has 0 saturated carbocycles. The maximum Gasteiger partial charge on any atom is 0.360 e. The topological polar surface area (TPSA) is 90.7 Å². The largest absolute Gasteiger partial charge is 0.493 e. The van der Waals surface area contributed by atoms with Gasteiger partial charge in [-0.3, -0.25) is 10.1 Å². The van der Waals surface area contributed by atoms with Crippen molar-refractivity contribution in [3.63, 3.8) is 0 Å². The number of benzene rings is 1. The molecule has 0 bridgehead atoms. The van der Waals surface area contributed by atoms with Crippen LogP contribution in [0.1, 0.15) is 36.3 Å². The third kappa shape index (κ3) is 5.49. The molecule has 1 aromatic carbocycles. The van der Waals surface area contributed by atoms with Crippen molar-refractivity contribution in [2.75, 3.05) is 18.5 Å². The van der Waals surface area contributed by atoms with Gasteiger partial charge in [0.05, 0.1) is 13.2 Å². The summed E-state index contributed by atoms with van der Waals surface area (Å²) >= 11 is 0. The molecule has 0 saturated heterocycles. The van der Waals surface area contributed by atoms with E-state index in [0.717, 1.165) is 18.2 Å². The van der Waals surface area contributed by atoms with E-state index < -0.39 is 11.9 Å². The van der Waals surface area contributed by atoms with E-state index in [4.69, 9.17) is 13.9 Å². The lowest BCUT2D eigenvalue weighted by molar-refractivity contribution is -0.112. The highest BCUT2D eigenvalue weighted by Gasteiger charge is 2.14. The number of nitrogens with one attached hydrogen (secondary N) is 1. The van der Waals surface area contributed by atoms with Crippen molar-refractivity contribution in [1.82, 2.24) is 4.98 Å². The highest BCUT2D eigenvalue weighted by atomic mass is 16.5. The van der Waals surface area contributed by atoms with Gasteiger partial charge < -0.3 is 13.9 Å². The molecule has 0 unspecified atom stereocenters. The van der Waals surface area contributed by atoms with Crippen molar-refractivity contribution in [3.8, 4) is 5.75 Å². The molecule has 132 valence electrons. The van der Waals surface area contributed by atoms with Crippen molar-refractivity contribution in [2.45, 2.75) is 20.3 Å². The van der Waals surface area contributed by atoms with Gasteiger partial charge in [-0.2, -0.15) is 4.98 Å². The van der Waals surface area contributed by atoms with Gasteiger partial charge >= 0.3 is 12.0 Å². The zero-order valence-electron chi connectivity index (χ0n) is 14.2. The van der Waals surface area contributed by atoms with Crippen LogP contribution < -0.4 is 10.1 Å². The standard InChI is InChI=1S/C18H20N2O5/c1-3-11-24-15-8-6-5-7-13(15)9-10-16(21)20-18-19-14(12-25-18)17(22)23-4-2/h5-10,12H,3-4,11H2,1-2H3,(H,19,20,21)/b10-9+. The van der Waals surface area contributed by atoms with Gasteiger partial charge in [0.2, 0.25) is 0 Å². The number of hydrogen-bond donors (Lipinski definition) is 1. The van der Waals surface area contributed by atoms with Crippen LogP contribution in [0, 0.1) is 0 Å². The van der Waals surface area contributed by atoms with E-state index in [-0.39, 0.29) is 18.3 Å². The number of carbonyl (C=O) groups is 2. The first-order valence-corrected chi connectivity index (χ1v) is 7.97. The summed E-state index contributed by atoms with van der Waals surface area (Å²) < 4.78 is 15.4. The molecule has 1 amide bonds. The Bertz CT molecular complexity index is 751. The molecule has 1 N–H and O–H groups in total. The van der Waals surface area contributed by atoms with Crippen molar-refractivity contribution >= 4 is 24.0 Å². The van der Waals surface area contributed by atoms with Crippen LogP contribution in [0.5, 0.6) is 5.75 Å². The Morgan fingerprint density at radius 1 is 1.28 bits per heavy atom. The molecule has 0 aliphatic carbocycles. The maximum absolute atomic E-state index is 12.0. The third-order valence-corrected chi connectivity index (χ3v) is 3.01. The maximum atomic E-state index is 12.0. The lowest BCUT2D eigenvalue weighted by Gasteiger charge is -2.07. The molecule has 0 radical (unpaired) electrons. The Labute approximate surface area is 145 Å². The zero-order valence-corrected chi connectivity index (χ0v) is 14.2. The first kappa shape index (κ1) is 18.3. The second-order valence-corrected chi connectivity index (χ2v) is 4.97. The lowest BCUT2D eigenvalue weighted by Crippen LogP contribution is -2.09. The molecule has 0 fully saturated rings. The molecular weight excluding hydrogens is 324 g/mol. The number of esters is 1. The number of ether oxygens (including phenoxy) is 2.